The molecule has 45 heavy (non-hydrogen) atoms. The van der Waals surface area contributed by atoms with Gasteiger partial charge in [-0.3, -0.25) is 4.79 Å². The van der Waals surface area contributed by atoms with Crippen LogP contribution >= 0.6 is 34.8 Å². The molecule has 0 unspecified atom stereocenters. The van der Waals surface area contributed by atoms with Crippen molar-refractivity contribution in [3.05, 3.63) is 86.4 Å². The number of hydrogen-bond acceptors (Lipinski definition) is 7. The fourth-order valence-electron chi connectivity index (χ4n) is 5.35. The van der Waals surface area contributed by atoms with Crippen molar-refractivity contribution in [1.29, 1.82) is 5.26 Å². The van der Waals surface area contributed by atoms with Gasteiger partial charge in [0.15, 0.2) is 0 Å². The molecule has 0 spiro atoms. The fraction of sp³-hybridized carbons (Fsp3) is 0.371. The lowest BCUT2D eigenvalue weighted by Gasteiger charge is -2.27. The van der Waals surface area contributed by atoms with E-state index in [0.29, 0.717) is 5.92 Å². The van der Waals surface area contributed by atoms with Gasteiger partial charge in [-0.05, 0) is 68.0 Å². The third-order valence-corrected chi connectivity index (χ3v) is 8.86. The van der Waals surface area contributed by atoms with Crippen LogP contribution in [0, 0.1) is 23.2 Å². The number of rotatable bonds is 12. The third-order valence-electron chi connectivity index (χ3n) is 7.92. The number of halogens is 3. The van der Waals surface area contributed by atoms with Gasteiger partial charge in [-0.25, -0.2) is 9.59 Å². The third kappa shape index (κ3) is 9.71. The van der Waals surface area contributed by atoms with Gasteiger partial charge in [0.25, 0.3) is 0 Å². The van der Waals surface area contributed by atoms with Crippen LogP contribution < -0.4 is 14.2 Å². The van der Waals surface area contributed by atoms with Crippen molar-refractivity contribution >= 4 is 52.7 Å². The normalized spacial score (nSPS) is 16.0. The Labute approximate surface area is 278 Å². The number of esters is 3. The monoisotopic (exact) mass is 669 g/mol. The Hall–Kier alpha value is -3.57. The summed E-state index contributed by atoms with van der Waals surface area (Å²) in [6.45, 7) is 2.22. The van der Waals surface area contributed by atoms with Gasteiger partial charge in [0.2, 0.25) is 0 Å². The largest absolute Gasteiger partial charge is 0.426 e. The molecule has 0 atom stereocenters. The van der Waals surface area contributed by atoms with Crippen molar-refractivity contribution in [3.63, 3.8) is 0 Å². The Morgan fingerprint density at radius 3 is 1.73 bits per heavy atom. The Bertz CT molecular complexity index is 1580. The summed E-state index contributed by atoms with van der Waals surface area (Å²) >= 11 is 18.6. The minimum atomic E-state index is -0.766. The number of nitriles is 1. The summed E-state index contributed by atoms with van der Waals surface area (Å²) in [5.74, 6) is -0.795. The first kappa shape index (κ1) is 34.3. The van der Waals surface area contributed by atoms with E-state index in [1.54, 1.807) is 0 Å². The van der Waals surface area contributed by atoms with Crippen LogP contribution in [-0.4, -0.2) is 17.9 Å². The van der Waals surface area contributed by atoms with Gasteiger partial charge in [-0.1, -0.05) is 80.3 Å². The molecule has 0 saturated heterocycles. The van der Waals surface area contributed by atoms with Crippen LogP contribution in [0.5, 0.6) is 17.2 Å². The van der Waals surface area contributed by atoms with Crippen molar-refractivity contribution in [1.82, 2.24) is 0 Å². The van der Waals surface area contributed by atoms with Gasteiger partial charge in [0.05, 0.1) is 37.7 Å². The first-order chi connectivity index (χ1) is 21.7. The molecule has 1 aliphatic carbocycles. The molecule has 1 aliphatic rings. The molecule has 0 amide bonds. The standard InChI is InChI=1S/C35H34Cl3NO6/c1-2-3-4-5-6-7-22-8-10-23(11-9-22)33(40)43-26-14-16-28(31(37)19-26)35(42)45-27-15-17-29(32(38)20-27)34(41)44-25-13-12-24(21-39)30(36)18-25/h12-20,22-23H,2-11H2,1H3. The number of benzene rings is 3. The molecule has 0 N–H and O–H groups in total. The number of unbranched alkanes of at least 4 members (excludes halogenated alkanes) is 4. The fourth-order valence-corrected chi connectivity index (χ4v) is 6.05. The Morgan fingerprint density at radius 1 is 0.711 bits per heavy atom. The molecule has 0 aliphatic heterocycles. The Kier molecular flexibility index (Phi) is 12.7. The van der Waals surface area contributed by atoms with Crippen molar-refractivity contribution in [2.75, 3.05) is 0 Å². The highest BCUT2D eigenvalue weighted by Crippen LogP contribution is 2.34. The highest BCUT2D eigenvalue weighted by molar-refractivity contribution is 6.34. The van der Waals surface area contributed by atoms with E-state index in [4.69, 9.17) is 54.3 Å². The molecule has 10 heteroatoms. The molecule has 0 heterocycles. The molecule has 1 fully saturated rings. The Morgan fingerprint density at radius 2 is 1.22 bits per heavy atom. The summed E-state index contributed by atoms with van der Waals surface area (Å²) in [7, 11) is 0. The SMILES string of the molecule is CCCCCCCC1CCC(C(=O)Oc2ccc(C(=O)Oc3ccc(C(=O)Oc4ccc(C#N)c(Cl)c4)c(Cl)c3)c(Cl)c2)CC1. The zero-order valence-electron chi connectivity index (χ0n) is 25.0. The maximum Gasteiger partial charge on any atom is 0.345 e. The van der Waals surface area contributed by atoms with Crippen LogP contribution in [0.4, 0.5) is 0 Å². The molecule has 0 aromatic heterocycles. The summed E-state index contributed by atoms with van der Waals surface area (Å²) in [6.07, 6.45) is 11.3. The van der Waals surface area contributed by atoms with Gasteiger partial charge < -0.3 is 14.2 Å². The van der Waals surface area contributed by atoms with E-state index in [0.717, 1.165) is 25.7 Å². The van der Waals surface area contributed by atoms with Gasteiger partial charge in [-0.2, -0.15) is 5.26 Å². The van der Waals surface area contributed by atoms with Crippen molar-refractivity contribution < 1.29 is 28.6 Å². The summed E-state index contributed by atoms with van der Waals surface area (Å²) in [5, 5.41) is 9.18. The number of hydrogen-bond donors (Lipinski definition) is 0. The van der Waals surface area contributed by atoms with Gasteiger partial charge >= 0.3 is 17.9 Å². The lowest BCUT2D eigenvalue weighted by Crippen LogP contribution is -2.25. The lowest BCUT2D eigenvalue weighted by atomic mass is 9.80. The van der Waals surface area contributed by atoms with E-state index >= 15 is 0 Å². The predicted octanol–water partition coefficient (Wildman–Crippen LogP) is 10.0. The first-order valence-electron chi connectivity index (χ1n) is 15.1. The van der Waals surface area contributed by atoms with Crippen LogP contribution in [0.2, 0.25) is 15.1 Å². The summed E-state index contributed by atoms with van der Waals surface area (Å²) < 4.78 is 16.3. The summed E-state index contributed by atoms with van der Waals surface area (Å²) in [5.41, 5.74) is 0.331. The van der Waals surface area contributed by atoms with Crippen molar-refractivity contribution in [2.45, 2.75) is 71.1 Å². The van der Waals surface area contributed by atoms with Crippen molar-refractivity contribution in [2.24, 2.45) is 11.8 Å². The van der Waals surface area contributed by atoms with Crippen LogP contribution in [0.25, 0.3) is 0 Å². The van der Waals surface area contributed by atoms with Gasteiger partial charge in [0, 0.05) is 18.2 Å². The minimum absolute atomic E-state index is 0.0144. The molecule has 1 saturated carbocycles. The predicted molar refractivity (Wildman–Crippen MR) is 173 cm³/mol. The second-order valence-electron chi connectivity index (χ2n) is 11.2. The average molecular weight is 671 g/mol. The maximum atomic E-state index is 12.8. The molecule has 7 nitrogen and oxygen atoms in total. The smallest absolute Gasteiger partial charge is 0.345 e. The minimum Gasteiger partial charge on any atom is -0.426 e. The first-order valence-corrected chi connectivity index (χ1v) is 16.3. The lowest BCUT2D eigenvalue weighted by molar-refractivity contribution is -0.140. The van der Waals surface area contributed by atoms with E-state index in [2.05, 4.69) is 6.92 Å². The van der Waals surface area contributed by atoms with E-state index < -0.39 is 11.9 Å². The van der Waals surface area contributed by atoms with E-state index in [-0.39, 0.29) is 60.9 Å². The van der Waals surface area contributed by atoms with E-state index in [1.165, 1.54) is 93.1 Å². The van der Waals surface area contributed by atoms with E-state index in [1.807, 2.05) is 6.07 Å². The topological polar surface area (TPSA) is 103 Å². The number of nitrogens with zero attached hydrogens (tertiary/aromatic N) is 1. The molecule has 4 rings (SSSR count). The number of carbonyl (C=O) groups is 3. The van der Waals surface area contributed by atoms with Gasteiger partial charge in [0.1, 0.15) is 23.3 Å². The second kappa shape index (κ2) is 16.7. The molecular weight excluding hydrogens is 637 g/mol. The number of ether oxygens (including phenoxy) is 3. The molecular formula is C35H34Cl3NO6. The Balaban J connectivity index is 1.28. The zero-order valence-corrected chi connectivity index (χ0v) is 27.2. The van der Waals surface area contributed by atoms with Crippen LogP contribution in [-0.2, 0) is 4.79 Å². The van der Waals surface area contributed by atoms with Gasteiger partial charge in [-0.15, -0.1) is 0 Å². The highest BCUT2D eigenvalue weighted by Gasteiger charge is 2.28. The molecule has 0 radical (unpaired) electrons. The number of carbonyl (C=O) groups excluding carboxylic acids is 3. The maximum absolute atomic E-state index is 12.8. The second-order valence-corrected chi connectivity index (χ2v) is 12.4. The van der Waals surface area contributed by atoms with Crippen LogP contribution in [0.15, 0.2) is 54.6 Å². The molecule has 3 aromatic carbocycles. The molecule has 236 valence electrons. The average Bonchev–Trinajstić information content (AvgIpc) is 3.01. The summed E-state index contributed by atoms with van der Waals surface area (Å²) in [4.78, 5) is 38.3. The quantitative estimate of drug-likeness (QED) is 0.107. The van der Waals surface area contributed by atoms with Crippen LogP contribution in [0.1, 0.15) is 97.4 Å². The zero-order chi connectivity index (χ0) is 32.3. The highest BCUT2D eigenvalue weighted by atomic mass is 35.5. The molecule has 3 aromatic rings. The van der Waals surface area contributed by atoms with E-state index in [9.17, 15) is 14.4 Å². The van der Waals surface area contributed by atoms with Crippen molar-refractivity contribution in [3.8, 4) is 23.3 Å². The molecule has 0 bridgehead atoms. The summed E-state index contributed by atoms with van der Waals surface area (Å²) in [6, 6.07) is 14.5. The van der Waals surface area contributed by atoms with Crippen LogP contribution in [0.3, 0.4) is 0 Å².